The fraction of sp³-hybridized carbons (Fsp3) is 0.429. The molecule has 112 valence electrons. The number of aryl methyl sites for hydroxylation is 1. The first kappa shape index (κ1) is 15.4. The number of carbonyl (C=O) groups is 1. The molecule has 2 N–H and O–H groups in total. The normalized spacial score (nSPS) is 12.0. The van der Waals surface area contributed by atoms with Crippen LogP contribution < -0.4 is 10.6 Å². The second-order valence-electron chi connectivity index (χ2n) is 4.74. The third-order valence-corrected chi connectivity index (χ3v) is 3.92. The van der Waals surface area contributed by atoms with E-state index in [1.165, 1.54) is 17.5 Å². The summed E-state index contributed by atoms with van der Waals surface area (Å²) in [6.45, 7) is 6.70. The van der Waals surface area contributed by atoms with E-state index in [1.54, 1.807) is 6.20 Å². The minimum absolute atomic E-state index is 0.148. The van der Waals surface area contributed by atoms with E-state index in [0.717, 1.165) is 23.7 Å². The van der Waals surface area contributed by atoms with Crippen molar-refractivity contribution < 1.29 is 4.79 Å². The molecule has 0 saturated heterocycles. The lowest BCUT2D eigenvalue weighted by Gasteiger charge is -2.11. The Kier molecular flexibility index (Phi) is 5.21. The highest BCUT2D eigenvalue weighted by atomic mass is 32.1. The Bertz CT molecular complexity index is 613. The van der Waals surface area contributed by atoms with Gasteiger partial charge in [0.05, 0.1) is 18.4 Å². The average Bonchev–Trinajstić information content (AvgIpc) is 2.92. The molecule has 6 nitrogen and oxygen atoms in total. The van der Waals surface area contributed by atoms with Crippen LogP contribution in [0.4, 0.5) is 5.82 Å². The van der Waals surface area contributed by atoms with E-state index in [9.17, 15) is 4.79 Å². The SMILES string of the molecule is CCCNc1cncc(C(=O)NC(C)c2nc(C)cs2)n1. The first-order valence-corrected chi connectivity index (χ1v) is 7.77. The van der Waals surface area contributed by atoms with Gasteiger partial charge in [-0.05, 0) is 20.3 Å². The molecular formula is C14H19N5OS. The van der Waals surface area contributed by atoms with E-state index in [0.29, 0.717) is 11.5 Å². The summed E-state index contributed by atoms with van der Waals surface area (Å²) in [5.74, 6) is 0.366. The van der Waals surface area contributed by atoms with E-state index >= 15 is 0 Å². The van der Waals surface area contributed by atoms with Gasteiger partial charge in [0.25, 0.3) is 5.91 Å². The molecule has 0 aliphatic rings. The fourth-order valence-corrected chi connectivity index (χ4v) is 2.52. The topological polar surface area (TPSA) is 79.8 Å². The van der Waals surface area contributed by atoms with Crippen LogP contribution in [-0.2, 0) is 0 Å². The van der Waals surface area contributed by atoms with Gasteiger partial charge in [0, 0.05) is 17.6 Å². The monoisotopic (exact) mass is 305 g/mol. The van der Waals surface area contributed by atoms with Gasteiger partial charge < -0.3 is 10.6 Å². The van der Waals surface area contributed by atoms with Gasteiger partial charge in [0.2, 0.25) is 0 Å². The zero-order valence-electron chi connectivity index (χ0n) is 12.4. The predicted octanol–water partition coefficient (Wildman–Crippen LogP) is 2.55. The number of hydrogen-bond donors (Lipinski definition) is 2. The number of anilines is 1. The van der Waals surface area contributed by atoms with Gasteiger partial charge in [-0.1, -0.05) is 6.92 Å². The van der Waals surface area contributed by atoms with E-state index in [2.05, 4.69) is 32.5 Å². The van der Waals surface area contributed by atoms with Gasteiger partial charge in [-0.15, -0.1) is 11.3 Å². The van der Waals surface area contributed by atoms with Gasteiger partial charge in [-0.2, -0.15) is 0 Å². The second kappa shape index (κ2) is 7.12. The molecule has 0 fully saturated rings. The number of rotatable bonds is 6. The van der Waals surface area contributed by atoms with Crippen LogP contribution in [0.2, 0.25) is 0 Å². The molecular weight excluding hydrogens is 286 g/mol. The van der Waals surface area contributed by atoms with E-state index < -0.39 is 0 Å². The van der Waals surface area contributed by atoms with E-state index in [4.69, 9.17) is 0 Å². The summed E-state index contributed by atoms with van der Waals surface area (Å²) >= 11 is 1.53. The number of thiazole rings is 1. The molecule has 1 atom stereocenters. The molecule has 1 amide bonds. The van der Waals surface area contributed by atoms with Crippen LogP contribution >= 0.6 is 11.3 Å². The maximum absolute atomic E-state index is 12.2. The lowest BCUT2D eigenvalue weighted by atomic mass is 10.3. The molecule has 0 bridgehead atoms. The second-order valence-corrected chi connectivity index (χ2v) is 5.63. The Morgan fingerprint density at radius 1 is 1.38 bits per heavy atom. The maximum atomic E-state index is 12.2. The number of nitrogens with zero attached hydrogens (tertiary/aromatic N) is 3. The molecule has 21 heavy (non-hydrogen) atoms. The third kappa shape index (κ3) is 4.22. The van der Waals surface area contributed by atoms with Gasteiger partial charge in [0.15, 0.2) is 0 Å². The quantitative estimate of drug-likeness (QED) is 0.857. The van der Waals surface area contributed by atoms with Gasteiger partial charge >= 0.3 is 0 Å². The average molecular weight is 305 g/mol. The van der Waals surface area contributed by atoms with Crippen molar-refractivity contribution in [2.45, 2.75) is 33.2 Å². The molecule has 0 aromatic carbocycles. The molecule has 2 heterocycles. The molecule has 2 aromatic rings. The molecule has 0 aliphatic heterocycles. The van der Waals surface area contributed by atoms with Crippen LogP contribution in [0.15, 0.2) is 17.8 Å². The van der Waals surface area contributed by atoms with Crippen molar-refractivity contribution in [2.75, 3.05) is 11.9 Å². The largest absolute Gasteiger partial charge is 0.369 e. The molecule has 0 aliphatic carbocycles. The highest BCUT2D eigenvalue weighted by molar-refractivity contribution is 7.09. The van der Waals surface area contributed by atoms with Crippen molar-refractivity contribution in [3.63, 3.8) is 0 Å². The van der Waals surface area contributed by atoms with E-state index in [-0.39, 0.29) is 11.9 Å². The Hall–Kier alpha value is -2.02. The zero-order valence-corrected chi connectivity index (χ0v) is 13.2. The standard InChI is InChI=1S/C14H19N5OS/c1-4-5-16-12-7-15-6-11(19-12)13(20)18-10(3)14-17-9(2)8-21-14/h6-8,10H,4-5H2,1-3H3,(H,16,19)(H,18,20). The van der Waals surface area contributed by atoms with Crippen LogP contribution in [0.1, 0.15) is 47.5 Å². The first-order valence-electron chi connectivity index (χ1n) is 6.89. The number of hydrogen-bond acceptors (Lipinski definition) is 6. The lowest BCUT2D eigenvalue weighted by Crippen LogP contribution is -2.27. The number of aromatic nitrogens is 3. The summed E-state index contributed by atoms with van der Waals surface area (Å²) in [5, 5.41) is 8.85. The molecule has 1 unspecified atom stereocenters. The lowest BCUT2D eigenvalue weighted by molar-refractivity contribution is 0.0934. The Morgan fingerprint density at radius 3 is 2.86 bits per heavy atom. The smallest absolute Gasteiger partial charge is 0.272 e. The first-order chi connectivity index (χ1) is 10.1. The summed E-state index contributed by atoms with van der Waals surface area (Å²) in [4.78, 5) is 24.9. The Balaban J connectivity index is 2.02. The Morgan fingerprint density at radius 2 is 2.19 bits per heavy atom. The van der Waals surface area contributed by atoms with Gasteiger partial charge in [-0.3, -0.25) is 9.78 Å². The maximum Gasteiger partial charge on any atom is 0.272 e. The molecule has 2 rings (SSSR count). The minimum atomic E-state index is -0.247. The van der Waals surface area contributed by atoms with Crippen LogP contribution in [0.3, 0.4) is 0 Å². The minimum Gasteiger partial charge on any atom is -0.369 e. The van der Waals surface area contributed by atoms with Crippen molar-refractivity contribution in [2.24, 2.45) is 0 Å². The van der Waals surface area contributed by atoms with Crippen molar-refractivity contribution in [1.29, 1.82) is 0 Å². The van der Waals surface area contributed by atoms with Crippen LogP contribution in [0, 0.1) is 6.92 Å². The summed E-state index contributed by atoms with van der Waals surface area (Å²) in [5.41, 5.74) is 1.26. The molecule has 0 radical (unpaired) electrons. The number of amides is 1. The summed E-state index contributed by atoms with van der Waals surface area (Å²) in [7, 11) is 0. The summed E-state index contributed by atoms with van der Waals surface area (Å²) < 4.78 is 0. The molecule has 7 heteroatoms. The highest BCUT2D eigenvalue weighted by Crippen LogP contribution is 2.17. The van der Waals surface area contributed by atoms with Crippen molar-refractivity contribution in [3.8, 4) is 0 Å². The van der Waals surface area contributed by atoms with Gasteiger partial charge in [0.1, 0.15) is 16.5 Å². The van der Waals surface area contributed by atoms with E-state index in [1.807, 2.05) is 19.2 Å². The molecule has 0 spiro atoms. The van der Waals surface area contributed by atoms with Gasteiger partial charge in [-0.25, -0.2) is 9.97 Å². The zero-order chi connectivity index (χ0) is 15.2. The predicted molar refractivity (Wildman–Crippen MR) is 83.5 cm³/mol. The van der Waals surface area contributed by atoms with Crippen molar-refractivity contribution in [3.05, 3.63) is 34.2 Å². The number of carbonyl (C=O) groups excluding carboxylic acids is 1. The molecule has 0 saturated carbocycles. The summed E-state index contributed by atoms with van der Waals surface area (Å²) in [6, 6.07) is -0.148. The van der Waals surface area contributed by atoms with Crippen molar-refractivity contribution in [1.82, 2.24) is 20.3 Å². The van der Waals surface area contributed by atoms with Crippen molar-refractivity contribution >= 4 is 23.1 Å². The fourth-order valence-electron chi connectivity index (χ4n) is 1.72. The summed E-state index contributed by atoms with van der Waals surface area (Å²) in [6.07, 6.45) is 4.06. The van der Waals surface area contributed by atoms with Crippen LogP contribution in [0.5, 0.6) is 0 Å². The highest BCUT2D eigenvalue weighted by Gasteiger charge is 2.15. The van der Waals surface area contributed by atoms with Crippen LogP contribution in [0.25, 0.3) is 0 Å². The number of nitrogens with one attached hydrogen (secondary N) is 2. The Labute approximate surface area is 128 Å². The third-order valence-electron chi connectivity index (χ3n) is 2.78. The molecule has 2 aromatic heterocycles. The van der Waals surface area contributed by atoms with Crippen LogP contribution in [-0.4, -0.2) is 27.4 Å².